The molecule has 0 saturated carbocycles. The molecule has 0 spiro atoms. The molecule has 1 aromatic heterocycles. The van der Waals surface area contributed by atoms with E-state index in [2.05, 4.69) is 17.5 Å². The summed E-state index contributed by atoms with van der Waals surface area (Å²) in [7, 11) is 0. The number of thiophene rings is 1. The fourth-order valence-corrected chi connectivity index (χ4v) is 2.39. The van der Waals surface area contributed by atoms with Crippen molar-refractivity contribution in [3.63, 3.8) is 0 Å². The lowest BCUT2D eigenvalue weighted by atomic mass is 10.2. The van der Waals surface area contributed by atoms with Gasteiger partial charge < -0.3 is 5.32 Å². The molecule has 3 nitrogen and oxygen atoms in total. The molecule has 0 amide bonds. The van der Waals surface area contributed by atoms with Crippen LogP contribution >= 0.6 is 22.9 Å². The molecule has 0 fully saturated rings. The molecule has 18 heavy (non-hydrogen) atoms. The van der Waals surface area contributed by atoms with Crippen molar-refractivity contribution in [2.75, 3.05) is 5.32 Å². The second-order valence-corrected chi connectivity index (χ2v) is 5.14. The van der Waals surface area contributed by atoms with E-state index in [1.807, 2.05) is 6.07 Å². The maximum atomic E-state index is 8.98. The van der Waals surface area contributed by atoms with Gasteiger partial charge in [-0.25, -0.2) is 0 Å². The normalized spacial score (nSPS) is 9.50. The van der Waals surface area contributed by atoms with Gasteiger partial charge in [-0.3, -0.25) is 0 Å². The smallest absolute Gasteiger partial charge is 0.110 e. The Morgan fingerprint density at radius 2 is 2.00 bits per heavy atom. The first-order valence-corrected chi connectivity index (χ1v) is 6.34. The molecule has 1 N–H and O–H groups in total. The number of hydrogen-bond acceptors (Lipinski definition) is 4. The topological polar surface area (TPSA) is 59.6 Å². The predicted molar refractivity (Wildman–Crippen MR) is 72.5 cm³/mol. The van der Waals surface area contributed by atoms with Gasteiger partial charge in [-0.2, -0.15) is 10.5 Å². The minimum atomic E-state index is 0.552. The van der Waals surface area contributed by atoms with Crippen LogP contribution in [0.5, 0.6) is 0 Å². The number of benzene rings is 1. The number of anilines is 1. The van der Waals surface area contributed by atoms with Gasteiger partial charge in [0.15, 0.2) is 0 Å². The van der Waals surface area contributed by atoms with Crippen molar-refractivity contribution >= 4 is 28.6 Å². The zero-order chi connectivity index (χ0) is 13.0. The van der Waals surface area contributed by atoms with Crippen LogP contribution in [0, 0.1) is 22.7 Å². The maximum Gasteiger partial charge on any atom is 0.110 e. The lowest BCUT2D eigenvalue weighted by molar-refractivity contribution is 1.19. The molecule has 0 saturated heterocycles. The van der Waals surface area contributed by atoms with Gasteiger partial charge in [-0.15, -0.1) is 11.3 Å². The van der Waals surface area contributed by atoms with Crippen LogP contribution in [0.3, 0.4) is 0 Å². The number of hydrogen-bond donors (Lipinski definition) is 1. The van der Waals surface area contributed by atoms with Crippen LogP contribution in [0.1, 0.15) is 15.3 Å². The fraction of sp³-hybridized carbons (Fsp3) is 0.0769. The molecule has 2 aromatic rings. The Bertz CT molecular complexity index is 649. The summed E-state index contributed by atoms with van der Waals surface area (Å²) in [6.45, 7) is 0.571. The first kappa shape index (κ1) is 12.4. The van der Waals surface area contributed by atoms with Gasteiger partial charge in [-0.05, 0) is 30.3 Å². The number of nitrogens with zero attached hydrogens (tertiary/aromatic N) is 2. The molecule has 0 aliphatic rings. The van der Waals surface area contributed by atoms with Crippen LogP contribution in [0.2, 0.25) is 5.02 Å². The van der Waals surface area contributed by atoms with E-state index in [1.54, 1.807) is 24.3 Å². The Morgan fingerprint density at radius 3 is 2.67 bits per heavy atom. The van der Waals surface area contributed by atoms with Gasteiger partial charge in [0.25, 0.3) is 0 Å². The monoisotopic (exact) mass is 273 g/mol. The van der Waals surface area contributed by atoms with Crippen LogP contribution in [0.15, 0.2) is 30.3 Å². The summed E-state index contributed by atoms with van der Waals surface area (Å²) in [5.41, 5.74) is 1.26. The second kappa shape index (κ2) is 5.55. The molecule has 1 heterocycles. The first-order chi connectivity index (χ1) is 8.72. The summed E-state index contributed by atoms with van der Waals surface area (Å²) >= 11 is 7.32. The summed E-state index contributed by atoms with van der Waals surface area (Å²) in [5, 5.41) is 21.4. The van der Waals surface area contributed by atoms with Gasteiger partial charge in [-0.1, -0.05) is 11.6 Å². The van der Waals surface area contributed by atoms with E-state index in [-0.39, 0.29) is 0 Å². The lowest BCUT2D eigenvalue weighted by Gasteiger charge is -2.07. The lowest BCUT2D eigenvalue weighted by Crippen LogP contribution is -1.99. The van der Waals surface area contributed by atoms with Crippen molar-refractivity contribution in [2.24, 2.45) is 0 Å². The number of nitriles is 2. The number of rotatable bonds is 3. The van der Waals surface area contributed by atoms with Gasteiger partial charge in [0.1, 0.15) is 17.0 Å². The standard InChI is InChI=1S/C13H8ClN3S/c14-10-2-1-9(6-15)13(5-10)17-8-12-4-3-11(7-16)18-12/h1-5,17H,8H2. The average molecular weight is 274 g/mol. The molecule has 5 heteroatoms. The molecular formula is C13H8ClN3S. The van der Waals surface area contributed by atoms with E-state index < -0.39 is 0 Å². The van der Waals surface area contributed by atoms with E-state index in [0.29, 0.717) is 27.7 Å². The highest BCUT2D eigenvalue weighted by Gasteiger charge is 2.04. The molecule has 0 atom stereocenters. The molecule has 1 aromatic carbocycles. The van der Waals surface area contributed by atoms with Crippen LogP contribution in [-0.4, -0.2) is 0 Å². The Balaban J connectivity index is 2.13. The molecule has 2 rings (SSSR count). The van der Waals surface area contributed by atoms with Gasteiger partial charge in [0.05, 0.1) is 11.3 Å². The zero-order valence-electron chi connectivity index (χ0n) is 9.27. The first-order valence-electron chi connectivity index (χ1n) is 5.15. The third-order valence-corrected chi connectivity index (χ3v) is 3.55. The van der Waals surface area contributed by atoms with E-state index in [4.69, 9.17) is 22.1 Å². The summed E-state index contributed by atoms with van der Waals surface area (Å²) in [6, 6.07) is 13.0. The Kier molecular flexibility index (Phi) is 3.84. The van der Waals surface area contributed by atoms with E-state index in [0.717, 1.165) is 4.88 Å². The Labute approximate surface area is 114 Å². The number of nitrogens with one attached hydrogen (secondary N) is 1. The van der Waals surface area contributed by atoms with Crippen LogP contribution in [-0.2, 0) is 6.54 Å². The van der Waals surface area contributed by atoms with Crippen molar-refractivity contribution in [1.29, 1.82) is 10.5 Å². The third kappa shape index (κ3) is 2.81. The van der Waals surface area contributed by atoms with Crippen molar-refractivity contribution in [1.82, 2.24) is 0 Å². The largest absolute Gasteiger partial charge is 0.379 e. The molecule has 0 unspecified atom stereocenters. The van der Waals surface area contributed by atoms with E-state index in [9.17, 15) is 0 Å². The molecular weight excluding hydrogens is 266 g/mol. The summed E-state index contributed by atoms with van der Waals surface area (Å²) in [6.07, 6.45) is 0. The quantitative estimate of drug-likeness (QED) is 0.926. The van der Waals surface area contributed by atoms with Crippen molar-refractivity contribution in [2.45, 2.75) is 6.54 Å². The minimum absolute atomic E-state index is 0.552. The Morgan fingerprint density at radius 1 is 1.17 bits per heavy atom. The summed E-state index contributed by atoms with van der Waals surface area (Å²) in [4.78, 5) is 1.72. The summed E-state index contributed by atoms with van der Waals surface area (Å²) < 4.78 is 0. The summed E-state index contributed by atoms with van der Waals surface area (Å²) in [5.74, 6) is 0. The van der Waals surface area contributed by atoms with Crippen molar-refractivity contribution < 1.29 is 0 Å². The van der Waals surface area contributed by atoms with Crippen molar-refractivity contribution in [3.05, 3.63) is 50.7 Å². The van der Waals surface area contributed by atoms with Gasteiger partial charge in [0.2, 0.25) is 0 Å². The second-order valence-electron chi connectivity index (χ2n) is 3.53. The van der Waals surface area contributed by atoms with Crippen LogP contribution in [0.4, 0.5) is 5.69 Å². The van der Waals surface area contributed by atoms with Gasteiger partial charge >= 0.3 is 0 Å². The van der Waals surface area contributed by atoms with E-state index in [1.165, 1.54) is 11.3 Å². The highest BCUT2D eigenvalue weighted by atomic mass is 35.5. The molecule has 0 radical (unpaired) electrons. The van der Waals surface area contributed by atoms with Crippen molar-refractivity contribution in [3.8, 4) is 12.1 Å². The highest BCUT2D eigenvalue weighted by molar-refractivity contribution is 7.12. The fourth-order valence-electron chi connectivity index (χ4n) is 1.48. The third-order valence-electron chi connectivity index (χ3n) is 2.33. The zero-order valence-corrected chi connectivity index (χ0v) is 10.8. The molecule has 0 aliphatic carbocycles. The predicted octanol–water partition coefficient (Wildman–Crippen LogP) is 3.76. The Hall–Kier alpha value is -2.01. The SMILES string of the molecule is N#Cc1ccc(CNc2cc(Cl)ccc2C#N)s1. The number of halogens is 1. The maximum absolute atomic E-state index is 8.98. The van der Waals surface area contributed by atoms with Crippen LogP contribution in [0.25, 0.3) is 0 Å². The average Bonchev–Trinajstić information content (AvgIpc) is 2.84. The molecule has 88 valence electrons. The van der Waals surface area contributed by atoms with E-state index >= 15 is 0 Å². The minimum Gasteiger partial charge on any atom is -0.379 e. The molecule has 0 bridgehead atoms. The highest BCUT2D eigenvalue weighted by Crippen LogP contribution is 2.22. The van der Waals surface area contributed by atoms with Crippen LogP contribution < -0.4 is 5.32 Å². The van der Waals surface area contributed by atoms with Gasteiger partial charge in [0, 0.05) is 16.4 Å². The molecule has 0 aliphatic heterocycles.